The molecular weight excluding hydrogens is 296 g/mol. The van der Waals surface area contributed by atoms with E-state index in [4.69, 9.17) is 0 Å². The zero-order valence-corrected chi connectivity index (χ0v) is 13.6. The number of rotatable bonds is 5. The molecule has 0 saturated carbocycles. The zero-order chi connectivity index (χ0) is 16.3. The Balaban J connectivity index is 2.71. The minimum atomic E-state index is -3.13. The van der Waals surface area contributed by atoms with Crippen molar-refractivity contribution in [3.05, 3.63) is 0 Å². The van der Waals surface area contributed by atoms with Crippen LogP contribution < -0.4 is 0 Å². The molecule has 0 aromatic heterocycles. The molecule has 0 aromatic rings. The van der Waals surface area contributed by atoms with Crippen molar-refractivity contribution in [3.8, 4) is 0 Å². The average molecular weight is 320 g/mol. The molecule has 1 N–H and O–H groups in total. The molecule has 8 heteroatoms. The van der Waals surface area contributed by atoms with Crippen molar-refractivity contribution in [2.75, 3.05) is 38.7 Å². The van der Waals surface area contributed by atoms with Gasteiger partial charge in [0.2, 0.25) is 0 Å². The fraction of sp³-hybridized carbons (Fsp3) is 0.846. The lowest BCUT2D eigenvalue weighted by Gasteiger charge is -2.40. The highest BCUT2D eigenvalue weighted by atomic mass is 32.2. The molecule has 0 bridgehead atoms. The number of likely N-dealkylation sites (tertiary alicyclic amines) is 1. The van der Waals surface area contributed by atoms with E-state index in [1.807, 2.05) is 6.92 Å². The van der Waals surface area contributed by atoms with Crippen LogP contribution in [0.15, 0.2) is 0 Å². The number of urea groups is 1. The van der Waals surface area contributed by atoms with Crippen LogP contribution in [0.2, 0.25) is 0 Å². The third-order valence-electron chi connectivity index (χ3n) is 4.10. The molecule has 1 atom stereocenters. The fourth-order valence-corrected chi connectivity index (χ4v) is 3.15. The fourth-order valence-electron chi connectivity index (χ4n) is 2.55. The van der Waals surface area contributed by atoms with Gasteiger partial charge in [0.1, 0.15) is 9.84 Å². The molecule has 0 radical (unpaired) electrons. The molecule has 1 heterocycles. The molecule has 1 aliphatic heterocycles. The van der Waals surface area contributed by atoms with Crippen molar-refractivity contribution in [1.82, 2.24) is 9.80 Å². The normalized spacial score (nSPS) is 22.9. The van der Waals surface area contributed by atoms with Crippen LogP contribution in [-0.2, 0) is 14.6 Å². The van der Waals surface area contributed by atoms with Crippen LogP contribution >= 0.6 is 0 Å². The topological polar surface area (TPSA) is 95.0 Å². The summed E-state index contributed by atoms with van der Waals surface area (Å²) in [7, 11) is -1.59. The van der Waals surface area contributed by atoms with Crippen LogP contribution in [0.5, 0.6) is 0 Å². The second kappa shape index (κ2) is 6.64. The Hall–Kier alpha value is -1.31. The number of piperidine rings is 1. The number of nitrogens with zero attached hydrogens (tertiary/aromatic N) is 2. The number of carbonyl (C=O) groups excluding carboxylic acids is 1. The largest absolute Gasteiger partial charge is 0.481 e. The molecule has 122 valence electrons. The number of carbonyl (C=O) groups is 2. The predicted octanol–water partition coefficient (Wildman–Crippen LogP) is 0.660. The lowest BCUT2D eigenvalue weighted by atomic mass is 9.78. The molecule has 1 fully saturated rings. The van der Waals surface area contributed by atoms with E-state index >= 15 is 0 Å². The summed E-state index contributed by atoms with van der Waals surface area (Å²) in [6.45, 7) is 2.62. The summed E-state index contributed by atoms with van der Waals surface area (Å²) in [5, 5.41) is 9.41. The zero-order valence-electron chi connectivity index (χ0n) is 12.8. The van der Waals surface area contributed by atoms with E-state index in [-0.39, 0.29) is 24.9 Å². The van der Waals surface area contributed by atoms with E-state index in [2.05, 4.69) is 0 Å². The van der Waals surface area contributed by atoms with Gasteiger partial charge in [-0.1, -0.05) is 6.92 Å². The predicted molar refractivity (Wildman–Crippen MR) is 78.9 cm³/mol. The third-order valence-corrected chi connectivity index (χ3v) is 5.03. The highest BCUT2D eigenvalue weighted by Gasteiger charge is 2.42. The first-order chi connectivity index (χ1) is 9.61. The van der Waals surface area contributed by atoms with Crippen molar-refractivity contribution in [2.24, 2.45) is 5.41 Å². The number of hydrogen-bond donors (Lipinski definition) is 1. The number of amides is 2. The van der Waals surface area contributed by atoms with E-state index in [0.29, 0.717) is 25.8 Å². The summed E-state index contributed by atoms with van der Waals surface area (Å²) >= 11 is 0. The van der Waals surface area contributed by atoms with E-state index in [0.717, 1.165) is 6.26 Å². The average Bonchev–Trinajstić information content (AvgIpc) is 2.42. The van der Waals surface area contributed by atoms with Gasteiger partial charge in [-0.25, -0.2) is 13.2 Å². The third kappa shape index (κ3) is 4.59. The highest BCUT2D eigenvalue weighted by Crippen LogP contribution is 2.33. The van der Waals surface area contributed by atoms with Gasteiger partial charge in [-0.05, 0) is 19.3 Å². The molecule has 1 saturated heterocycles. The number of carboxylic acids is 1. The second-order valence-electron chi connectivity index (χ2n) is 5.80. The van der Waals surface area contributed by atoms with Crippen molar-refractivity contribution in [1.29, 1.82) is 0 Å². The Morgan fingerprint density at radius 2 is 2.00 bits per heavy atom. The molecule has 0 spiro atoms. The Bertz CT molecular complexity index is 505. The van der Waals surface area contributed by atoms with Crippen LogP contribution in [0.1, 0.15) is 26.2 Å². The molecule has 0 aromatic carbocycles. The summed E-state index contributed by atoms with van der Waals surface area (Å²) in [4.78, 5) is 26.6. The van der Waals surface area contributed by atoms with E-state index in [1.165, 1.54) is 16.8 Å². The first-order valence-electron chi connectivity index (χ1n) is 7.02. The maximum Gasteiger partial charge on any atom is 0.319 e. The summed E-state index contributed by atoms with van der Waals surface area (Å²) in [6, 6.07) is -0.308. The molecule has 1 unspecified atom stereocenters. The van der Waals surface area contributed by atoms with Gasteiger partial charge in [0.15, 0.2) is 0 Å². The van der Waals surface area contributed by atoms with Crippen LogP contribution in [0.25, 0.3) is 0 Å². The minimum absolute atomic E-state index is 0.0963. The molecular formula is C13H24N2O5S. The number of aliphatic carboxylic acids is 1. The first kappa shape index (κ1) is 17.7. The number of carboxylic acid groups (broad SMARTS) is 1. The van der Waals surface area contributed by atoms with Crippen molar-refractivity contribution >= 4 is 21.8 Å². The van der Waals surface area contributed by atoms with Crippen LogP contribution in [0.4, 0.5) is 4.79 Å². The molecule has 21 heavy (non-hydrogen) atoms. The monoisotopic (exact) mass is 320 g/mol. The smallest absolute Gasteiger partial charge is 0.319 e. The molecule has 2 amide bonds. The lowest BCUT2D eigenvalue weighted by molar-refractivity contribution is -0.152. The Kier molecular flexibility index (Phi) is 5.61. The molecule has 7 nitrogen and oxygen atoms in total. The Morgan fingerprint density at radius 3 is 2.48 bits per heavy atom. The lowest BCUT2D eigenvalue weighted by Crippen LogP contribution is -2.53. The quantitative estimate of drug-likeness (QED) is 0.803. The number of sulfone groups is 1. The van der Waals surface area contributed by atoms with Crippen LogP contribution in [-0.4, -0.2) is 74.0 Å². The van der Waals surface area contributed by atoms with Crippen molar-refractivity contribution < 1.29 is 23.1 Å². The molecule has 1 aliphatic rings. The van der Waals surface area contributed by atoms with Crippen molar-refractivity contribution in [3.63, 3.8) is 0 Å². The minimum Gasteiger partial charge on any atom is -0.481 e. The number of hydrogen-bond acceptors (Lipinski definition) is 4. The first-order valence-corrected chi connectivity index (χ1v) is 9.08. The van der Waals surface area contributed by atoms with Gasteiger partial charge in [0.25, 0.3) is 0 Å². The highest BCUT2D eigenvalue weighted by molar-refractivity contribution is 7.90. The summed E-state index contributed by atoms with van der Waals surface area (Å²) in [5.41, 5.74) is -0.883. The van der Waals surface area contributed by atoms with Gasteiger partial charge >= 0.3 is 12.0 Å². The van der Waals surface area contributed by atoms with Gasteiger partial charge in [-0.2, -0.15) is 0 Å². The van der Waals surface area contributed by atoms with Gasteiger partial charge in [-0.3, -0.25) is 4.79 Å². The van der Waals surface area contributed by atoms with Gasteiger partial charge in [0, 0.05) is 32.9 Å². The maximum absolute atomic E-state index is 12.3. The Labute approximate surface area is 125 Å². The summed E-state index contributed by atoms with van der Waals surface area (Å²) in [5.74, 6) is -0.970. The van der Waals surface area contributed by atoms with Gasteiger partial charge in [0.05, 0.1) is 11.2 Å². The van der Waals surface area contributed by atoms with Crippen LogP contribution in [0, 0.1) is 5.41 Å². The Morgan fingerprint density at radius 1 is 1.38 bits per heavy atom. The standard InChI is InChI=1S/C13H24N2O5S/c1-4-13(11(16)17)6-5-7-15(10-13)12(18)14(2)8-9-21(3,19)20/h4-10H2,1-3H3,(H,16,17). The van der Waals surface area contributed by atoms with Crippen molar-refractivity contribution in [2.45, 2.75) is 26.2 Å². The van der Waals surface area contributed by atoms with E-state index < -0.39 is 21.2 Å². The van der Waals surface area contributed by atoms with Gasteiger partial charge in [-0.15, -0.1) is 0 Å². The summed E-state index contributed by atoms with van der Waals surface area (Å²) < 4.78 is 22.3. The van der Waals surface area contributed by atoms with Crippen LogP contribution in [0.3, 0.4) is 0 Å². The van der Waals surface area contributed by atoms with E-state index in [1.54, 1.807) is 0 Å². The second-order valence-corrected chi connectivity index (χ2v) is 8.06. The maximum atomic E-state index is 12.3. The molecule has 1 rings (SSSR count). The SMILES string of the molecule is CCC1(C(=O)O)CCCN(C(=O)N(C)CCS(C)(=O)=O)C1. The van der Waals surface area contributed by atoms with Gasteiger partial charge < -0.3 is 14.9 Å². The molecule has 0 aliphatic carbocycles. The van der Waals surface area contributed by atoms with E-state index in [9.17, 15) is 23.1 Å². The summed E-state index contributed by atoms with van der Waals surface area (Å²) in [6.07, 6.45) is 2.80.